The van der Waals surface area contributed by atoms with Gasteiger partial charge in [0.15, 0.2) is 0 Å². The minimum Gasteiger partial charge on any atom is -0.438 e. The normalized spacial score (nSPS) is 10.7. The molecule has 2 aromatic carbocycles. The third kappa shape index (κ3) is 4.15. The number of benzene rings is 2. The lowest BCUT2D eigenvalue weighted by Crippen LogP contribution is -2.23. The van der Waals surface area contributed by atoms with Crippen molar-refractivity contribution in [1.29, 1.82) is 0 Å². The van der Waals surface area contributed by atoms with Crippen molar-refractivity contribution in [3.63, 3.8) is 0 Å². The predicted molar refractivity (Wildman–Crippen MR) is 109 cm³/mol. The van der Waals surface area contributed by atoms with E-state index in [0.717, 1.165) is 19.7 Å². The Kier molecular flexibility index (Phi) is 5.13. The quantitative estimate of drug-likeness (QED) is 0.465. The number of para-hydroxylation sites is 1. The first kappa shape index (κ1) is 17.6. The fourth-order valence-electron chi connectivity index (χ4n) is 2.51. The monoisotopic (exact) mass is 439 g/mol. The fraction of sp³-hybridized carbons (Fsp3) is 0.0500. The third-order valence-corrected chi connectivity index (χ3v) is 5.35. The highest BCUT2D eigenvalue weighted by Crippen LogP contribution is 2.25. The third-order valence-electron chi connectivity index (χ3n) is 3.78. The predicted octanol–water partition coefficient (Wildman–Crippen LogP) is 5.18. The van der Waals surface area contributed by atoms with E-state index in [2.05, 4.69) is 31.2 Å². The second-order valence-electron chi connectivity index (χ2n) is 5.67. The van der Waals surface area contributed by atoms with Crippen LogP contribution < -0.4 is 10.1 Å². The molecule has 0 saturated carbocycles. The van der Waals surface area contributed by atoms with Gasteiger partial charge in [0.1, 0.15) is 16.3 Å². The van der Waals surface area contributed by atoms with Crippen LogP contribution in [0.5, 0.6) is 11.6 Å². The van der Waals surface area contributed by atoms with Crippen LogP contribution in [0.3, 0.4) is 0 Å². The summed E-state index contributed by atoms with van der Waals surface area (Å²) in [4.78, 5) is 21.4. The van der Waals surface area contributed by atoms with Gasteiger partial charge in [-0.05, 0) is 48.5 Å². The summed E-state index contributed by atoms with van der Waals surface area (Å²) >= 11 is 4.95. The van der Waals surface area contributed by atoms with Crippen LogP contribution in [0.2, 0.25) is 0 Å². The number of carbonyl (C=O) groups is 1. The number of nitrogens with zero attached hydrogens (tertiary/aromatic N) is 2. The number of ether oxygens (including phenoxy) is 1. The van der Waals surface area contributed by atoms with Crippen molar-refractivity contribution in [1.82, 2.24) is 15.3 Å². The summed E-state index contributed by atoms with van der Waals surface area (Å²) in [5.74, 6) is 0.619. The zero-order valence-corrected chi connectivity index (χ0v) is 16.5. The van der Waals surface area contributed by atoms with E-state index >= 15 is 0 Å². The molecule has 7 heteroatoms. The second-order valence-corrected chi connectivity index (χ2v) is 7.70. The lowest BCUT2D eigenvalue weighted by molar-refractivity contribution is 0.0948. The maximum atomic E-state index is 12.6. The smallest absolute Gasteiger partial charge is 0.257 e. The number of nitrogens with one attached hydrogen (secondary N) is 1. The number of halogens is 1. The Morgan fingerprint density at radius 1 is 1.07 bits per heavy atom. The Balaban J connectivity index is 1.49. The number of thiazole rings is 1. The van der Waals surface area contributed by atoms with E-state index in [4.69, 9.17) is 4.74 Å². The number of rotatable bonds is 5. The SMILES string of the molecule is O=C(NCc1nc2ccccc2s1)c1cccnc1Oc1ccc(Br)cc1. The first-order chi connectivity index (χ1) is 13.2. The molecule has 0 unspecified atom stereocenters. The first-order valence-corrected chi connectivity index (χ1v) is 9.81. The number of aromatic nitrogens is 2. The Labute approximate surface area is 168 Å². The van der Waals surface area contributed by atoms with Crippen molar-refractivity contribution in [3.8, 4) is 11.6 Å². The summed E-state index contributed by atoms with van der Waals surface area (Å²) in [6.45, 7) is 0.352. The molecule has 0 atom stereocenters. The second kappa shape index (κ2) is 7.85. The van der Waals surface area contributed by atoms with Gasteiger partial charge in [-0.3, -0.25) is 4.79 Å². The summed E-state index contributed by atoms with van der Waals surface area (Å²) in [7, 11) is 0. The van der Waals surface area contributed by atoms with E-state index in [1.54, 1.807) is 29.7 Å². The van der Waals surface area contributed by atoms with E-state index < -0.39 is 0 Å². The van der Waals surface area contributed by atoms with Gasteiger partial charge >= 0.3 is 0 Å². The van der Waals surface area contributed by atoms with Gasteiger partial charge < -0.3 is 10.1 Å². The van der Waals surface area contributed by atoms with Gasteiger partial charge in [0, 0.05) is 10.7 Å². The summed E-state index contributed by atoms with van der Waals surface area (Å²) < 4.78 is 7.83. The lowest BCUT2D eigenvalue weighted by atomic mass is 10.2. The average Bonchev–Trinajstić information content (AvgIpc) is 3.11. The Bertz CT molecular complexity index is 1060. The van der Waals surface area contributed by atoms with Crippen LogP contribution in [0.25, 0.3) is 10.2 Å². The van der Waals surface area contributed by atoms with E-state index in [-0.39, 0.29) is 11.8 Å². The van der Waals surface area contributed by atoms with Crippen LogP contribution in [0, 0.1) is 0 Å². The maximum absolute atomic E-state index is 12.6. The van der Waals surface area contributed by atoms with Gasteiger partial charge in [-0.1, -0.05) is 28.1 Å². The topological polar surface area (TPSA) is 64.1 Å². The molecule has 0 fully saturated rings. The first-order valence-electron chi connectivity index (χ1n) is 8.20. The van der Waals surface area contributed by atoms with Crippen LogP contribution in [0.15, 0.2) is 71.3 Å². The van der Waals surface area contributed by atoms with Gasteiger partial charge in [0.05, 0.1) is 16.8 Å². The molecule has 5 nitrogen and oxygen atoms in total. The highest BCUT2D eigenvalue weighted by Gasteiger charge is 2.15. The largest absolute Gasteiger partial charge is 0.438 e. The number of hydrogen-bond donors (Lipinski definition) is 1. The molecule has 2 heterocycles. The van der Waals surface area contributed by atoms with Gasteiger partial charge in [0.2, 0.25) is 5.88 Å². The van der Waals surface area contributed by atoms with Gasteiger partial charge in [-0.25, -0.2) is 9.97 Å². The molecular formula is C20H14BrN3O2S. The molecule has 1 amide bonds. The van der Waals surface area contributed by atoms with Crippen LogP contribution >= 0.6 is 27.3 Å². The fourth-order valence-corrected chi connectivity index (χ4v) is 3.68. The number of pyridine rings is 1. The zero-order chi connectivity index (χ0) is 18.6. The van der Waals surface area contributed by atoms with Crippen LogP contribution in [0.1, 0.15) is 15.4 Å². The molecule has 0 radical (unpaired) electrons. The molecule has 27 heavy (non-hydrogen) atoms. The summed E-state index contributed by atoms with van der Waals surface area (Å²) in [6, 6.07) is 18.7. The van der Waals surface area contributed by atoms with Crippen LogP contribution in [0.4, 0.5) is 0 Å². The number of carbonyl (C=O) groups excluding carboxylic acids is 1. The molecule has 0 aliphatic carbocycles. The molecule has 0 bridgehead atoms. The number of fused-ring (bicyclic) bond motifs is 1. The van der Waals surface area contributed by atoms with Crippen molar-refractivity contribution >= 4 is 43.4 Å². The van der Waals surface area contributed by atoms with Crippen LogP contribution in [-0.2, 0) is 6.54 Å². The molecule has 4 aromatic rings. The molecular weight excluding hydrogens is 426 g/mol. The van der Waals surface area contributed by atoms with E-state index in [0.29, 0.717) is 17.9 Å². The van der Waals surface area contributed by atoms with Gasteiger partial charge in [0.25, 0.3) is 5.91 Å². The summed E-state index contributed by atoms with van der Waals surface area (Å²) in [5, 5.41) is 3.74. The summed E-state index contributed by atoms with van der Waals surface area (Å²) in [6.07, 6.45) is 1.60. The van der Waals surface area contributed by atoms with Crippen molar-refractivity contribution in [3.05, 3.63) is 81.9 Å². The molecule has 0 aliphatic heterocycles. The number of hydrogen-bond acceptors (Lipinski definition) is 5. The Hall–Kier alpha value is -2.77. The Morgan fingerprint density at radius 3 is 2.70 bits per heavy atom. The Morgan fingerprint density at radius 2 is 1.89 bits per heavy atom. The standard InChI is InChI=1S/C20H14BrN3O2S/c21-13-7-9-14(10-8-13)26-20-15(4-3-11-22-20)19(25)23-12-18-24-16-5-1-2-6-17(16)27-18/h1-11H,12H2,(H,23,25). The molecule has 0 spiro atoms. The molecule has 0 aliphatic rings. The van der Waals surface area contributed by atoms with Gasteiger partial charge in [-0.2, -0.15) is 0 Å². The molecule has 1 N–H and O–H groups in total. The lowest BCUT2D eigenvalue weighted by Gasteiger charge is -2.10. The van der Waals surface area contributed by atoms with E-state index in [1.165, 1.54) is 0 Å². The van der Waals surface area contributed by atoms with E-state index in [9.17, 15) is 4.79 Å². The van der Waals surface area contributed by atoms with Crippen LogP contribution in [-0.4, -0.2) is 15.9 Å². The minimum atomic E-state index is -0.255. The zero-order valence-electron chi connectivity index (χ0n) is 14.1. The van der Waals surface area contributed by atoms with Crippen molar-refractivity contribution in [2.45, 2.75) is 6.54 Å². The van der Waals surface area contributed by atoms with Crippen molar-refractivity contribution in [2.75, 3.05) is 0 Å². The molecule has 4 rings (SSSR count). The molecule has 2 aromatic heterocycles. The molecule has 134 valence electrons. The van der Waals surface area contributed by atoms with Crippen molar-refractivity contribution < 1.29 is 9.53 Å². The maximum Gasteiger partial charge on any atom is 0.257 e. The van der Waals surface area contributed by atoms with E-state index in [1.807, 2.05) is 48.5 Å². The summed E-state index contributed by atoms with van der Waals surface area (Å²) in [5.41, 5.74) is 1.31. The van der Waals surface area contributed by atoms with Gasteiger partial charge in [-0.15, -0.1) is 11.3 Å². The van der Waals surface area contributed by atoms with Crippen molar-refractivity contribution in [2.24, 2.45) is 0 Å². The highest BCUT2D eigenvalue weighted by atomic mass is 79.9. The minimum absolute atomic E-state index is 0.255. The number of amides is 1. The molecule has 0 saturated heterocycles. The highest BCUT2D eigenvalue weighted by molar-refractivity contribution is 9.10. The average molecular weight is 440 g/mol.